The van der Waals surface area contributed by atoms with Crippen molar-refractivity contribution in [3.8, 4) is 11.4 Å². The second kappa shape index (κ2) is 9.82. The normalized spacial score (nSPS) is 11.2. The van der Waals surface area contributed by atoms with Gasteiger partial charge in [-0.05, 0) is 51.1 Å². The molecule has 3 aromatic carbocycles. The molecule has 0 atom stereocenters. The van der Waals surface area contributed by atoms with Crippen LogP contribution in [0.5, 0.6) is 0 Å². The molecule has 1 heterocycles. The fraction of sp³-hybridized carbons (Fsp3) is 0.286. The van der Waals surface area contributed by atoms with Gasteiger partial charge < -0.3 is 10.3 Å². The highest BCUT2D eigenvalue weighted by atomic mass is 15.0. The van der Waals surface area contributed by atoms with E-state index in [2.05, 4.69) is 93.9 Å². The molecule has 166 valence electrons. The summed E-state index contributed by atoms with van der Waals surface area (Å²) in [6, 6.07) is 22.7. The Bertz CT molecular complexity index is 1170. The maximum atomic E-state index is 4.73. The number of aromatic nitrogens is 2. The van der Waals surface area contributed by atoms with Gasteiger partial charge in [0, 0.05) is 5.56 Å². The van der Waals surface area contributed by atoms with Gasteiger partial charge in [0.05, 0.1) is 27.9 Å². The van der Waals surface area contributed by atoms with Crippen LogP contribution >= 0.6 is 0 Å². The maximum Gasteiger partial charge on any atom is 0.138 e. The Balaban J connectivity index is 0.000000668. The molecule has 4 rings (SSSR count). The largest absolute Gasteiger partial charge is 0.374 e. The summed E-state index contributed by atoms with van der Waals surface area (Å²) >= 11 is 0. The van der Waals surface area contributed by atoms with Crippen molar-refractivity contribution in [2.24, 2.45) is 10.9 Å². The number of benzene rings is 3. The summed E-state index contributed by atoms with van der Waals surface area (Å²) in [4.78, 5) is 12.4. The predicted molar refractivity (Wildman–Crippen MR) is 139 cm³/mol. The van der Waals surface area contributed by atoms with Gasteiger partial charge in [0.25, 0.3) is 0 Å². The van der Waals surface area contributed by atoms with Crippen LogP contribution in [-0.4, -0.2) is 16.7 Å². The number of anilines is 1. The van der Waals surface area contributed by atoms with E-state index >= 15 is 0 Å². The van der Waals surface area contributed by atoms with E-state index in [1.807, 2.05) is 36.4 Å². The summed E-state index contributed by atoms with van der Waals surface area (Å²) in [5.41, 5.74) is 6.82. The predicted octanol–water partition coefficient (Wildman–Crippen LogP) is 7.88. The van der Waals surface area contributed by atoms with E-state index in [1.54, 1.807) is 0 Å². The Hall–Kier alpha value is -3.40. The van der Waals surface area contributed by atoms with Crippen molar-refractivity contribution in [2.45, 2.75) is 47.1 Å². The zero-order chi connectivity index (χ0) is 23.3. The van der Waals surface area contributed by atoms with Gasteiger partial charge in [-0.15, -0.1) is 0 Å². The lowest BCUT2D eigenvalue weighted by molar-refractivity contribution is 0.609. The molecule has 2 N–H and O–H groups in total. The molecule has 0 radical (unpaired) electrons. The smallest absolute Gasteiger partial charge is 0.138 e. The molecule has 4 heteroatoms. The number of fused-ring (bicyclic) bond motifs is 1. The van der Waals surface area contributed by atoms with Crippen molar-refractivity contribution in [2.75, 3.05) is 5.32 Å². The van der Waals surface area contributed by atoms with Crippen LogP contribution in [0.15, 0.2) is 71.7 Å². The van der Waals surface area contributed by atoms with Crippen molar-refractivity contribution in [3.05, 3.63) is 77.9 Å². The first-order valence-corrected chi connectivity index (χ1v) is 11.1. The maximum absolute atomic E-state index is 4.73. The Kier molecular flexibility index (Phi) is 7.14. The minimum absolute atomic E-state index is 0.261. The van der Waals surface area contributed by atoms with Gasteiger partial charge in [-0.2, -0.15) is 0 Å². The van der Waals surface area contributed by atoms with Gasteiger partial charge in [0.1, 0.15) is 5.82 Å². The molecule has 4 nitrogen and oxygen atoms in total. The quantitative estimate of drug-likeness (QED) is 0.319. The molecule has 1 aromatic heterocycles. The Morgan fingerprint density at radius 3 is 2.19 bits per heavy atom. The summed E-state index contributed by atoms with van der Waals surface area (Å²) in [7, 11) is 0. The van der Waals surface area contributed by atoms with Gasteiger partial charge in [-0.25, -0.2) is 4.98 Å². The number of imidazole rings is 1. The highest BCUT2D eigenvalue weighted by Gasteiger charge is 2.22. The molecule has 0 spiro atoms. The van der Waals surface area contributed by atoms with Gasteiger partial charge in [-0.1, -0.05) is 80.9 Å². The van der Waals surface area contributed by atoms with Gasteiger partial charge >= 0.3 is 0 Å². The lowest BCUT2D eigenvalue weighted by atomic mass is 9.93. The van der Waals surface area contributed by atoms with Crippen LogP contribution in [0.1, 0.15) is 45.7 Å². The first-order chi connectivity index (χ1) is 15.2. The molecule has 0 amide bonds. The van der Waals surface area contributed by atoms with Crippen LogP contribution in [-0.2, 0) is 5.54 Å². The van der Waals surface area contributed by atoms with Crippen LogP contribution in [0.3, 0.4) is 0 Å². The zero-order valence-electron chi connectivity index (χ0n) is 20.0. The molecule has 4 aromatic rings. The number of nitrogens with zero attached hydrogens (tertiary/aromatic N) is 2. The van der Waals surface area contributed by atoms with Crippen LogP contribution in [0.25, 0.3) is 22.4 Å². The van der Waals surface area contributed by atoms with E-state index in [4.69, 9.17) is 4.98 Å². The summed E-state index contributed by atoms with van der Waals surface area (Å²) in [5, 5.41) is 3.63. The summed E-state index contributed by atoms with van der Waals surface area (Å²) in [6.45, 7) is 16.7. The van der Waals surface area contributed by atoms with E-state index in [0.717, 1.165) is 39.7 Å². The van der Waals surface area contributed by atoms with Crippen molar-refractivity contribution in [1.29, 1.82) is 0 Å². The molecule has 0 bridgehead atoms. The second-order valence-electron chi connectivity index (χ2n) is 9.34. The van der Waals surface area contributed by atoms with Gasteiger partial charge in [0.15, 0.2) is 0 Å². The third kappa shape index (κ3) is 5.64. The number of nitrogens with one attached hydrogen (secondary N) is 2. The Morgan fingerprint density at radius 1 is 0.969 bits per heavy atom. The molecule has 0 aliphatic rings. The van der Waals surface area contributed by atoms with Crippen molar-refractivity contribution in [1.82, 2.24) is 9.97 Å². The van der Waals surface area contributed by atoms with E-state index in [1.165, 1.54) is 11.1 Å². The van der Waals surface area contributed by atoms with Crippen LogP contribution in [0.4, 0.5) is 11.4 Å². The minimum Gasteiger partial charge on any atom is -0.374 e. The topological polar surface area (TPSA) is 53.1 Å². The monoisotopic (exact) mass is 426 g/mol. The van der Waals surface area contributed by atoms with Crippen molar-refractivity contribution >= 4 is 29.1 Å². The van der Waals surface area contributed by atoms with Crippen LogP contribution in [0.2, 0.25) is 0 Å². The number of H-pyrrole nitrogens is 1. The van der Waals surface area contributed by atoms with Gasteiger partial charge in [0.2, 0.25) is 0 Å². The van der Waals surface area contributed by atoms with E-state index < -0.39 is 0 Å². The molecule has 32 heavy (non-hydrogen) atoms. The molecular formula is C28H34N4. The number of aryl methyl sites for hydroxylation is 1. The lowest BCUT2D eigenvalue weighted by Gasteiger charge is -2.29. The first-order valence-electron chi connectivity index (χ1n) is 11.1. The third-order valence-corrected chi connectivity index (χ3v) is 5.04. The average molecular weight is 427 g/mol. The molecule has 0 saturated heterocycles. The SMILES string of the molecule is C=Nc1cc2nc(-c3ccccc3)[nH]c2cc1NC(C)(C)c1ccc(C)cc1.CC(C)C. The summed E-state index contributed by atoms with van der Waals surface area (Å²) in [6.07, 6.45) is 0. The van der Waals surface area contributed by atoms with E-state index in [0.29, 0.717) is 0 Å². The molecule has 0 unspecified atom stereocenters. The zero-order valence-corrected chi connectivity index (χ0v) is 20.0. The van der Waals surface area contributed by atoms with E-state index in [9.17, 15) is 0 Å². The fourth-order valence-corrected chi connectivity index (χ4v) is 3.39. The number of aliphatic imine (C=N–C) groups is 1. The molecule has 0 fully saturated rings. The number of hydrogen-bond donors (Lipinski definition) is 2. The molecule has 0 aliphatic heterocycles. The van der Waals surface area contributed by atoms with E-state index in [-0.39, 0.29) is 5.54 Å². The van der Waals surface area contributed by atoms with Gasteiger partial charge in [-0.3, -0.25) is 4.99 Å². The average Bonchev–Trinajstić information content (AvgIpc) is 3.16. The van der Waals surface area contributed by atoms with Crippen LogP contribution < -0.4 is 5.32 Å². The minimum atomic E-state index is -0.261. The highest BCUT2D eigenvalue weighted by molar-refractivity contribution is 5.89. The number of hydrogen-bond acceptors (Lipinski definition) is 3. The molecule has 0 saturated carbocycles. The van der Waals surface area contributed by atoms with Crippen LogP contribution in [0, 0.1) is 12.8 Å². The molecule has 0 aliphatic carbocycles. The first kappa shape index (κ1) is 23.3. The second-order valence-corrected chi connectivity index (χ2v) is 9.34. The number of aromatic amines is 1. The lowest BCUT2D eigenvalue weighted by Crippen LogP contribution is -2.27. The Labute approximate surface area is 191 Å². The standard InChI is InChI=1S/C24H24N4.C4H10/c1-16-10-12-18(13-11-16)24(2,3)28-22-15-21-20(14-19(22)25-4)26-23(27-21)17-8-6-5-7-9-17;1-4(2)3/h5-15,28H,4H2,1-3H3,(H,26,27);4H,1-3H3. The van der Waals surface area contributed by atoms with Crippen molar-refractivity contribution < 1.29 is 0 Å². The fourth-order valence-electron chi connectivity index (χ4n) is 3.39. The Morgan fingerprint density at radius 2 is 1.59 bits per heavy atom. The highest BCUT2D eigenvalue weighted by Crippen LogP contribution is 2.35. The van der Waals surface area contributed by atoms with Crippen molar-refractivity contribution in [3.63, 3.8) is 0 Å². The third-order valence-electron chi connectivity index (χ3n) is 5.04. The number of rotatable bonds is 5. The summed E-state index contributed by atoms with van der Waals surface area (Å²) in [5.74, 6) is 1.68. The molecular weight excluding hydrogens is 392 g/mol. The summed E-state index contributed by atoms with van der Waals surface area (Å²) < 4.78 is 0.